The second-order valence-corrected chi connectivity index (χ2v) is 4.62. The van der Waals surface area contributed by atoms with Crippen molar-refractivity contribution < 1.29 is 0 Å². The maximum Gasteiger partial charge on any atom is 0.0797 e. The molecular formula is C9H12N2S. The highest BCUT2D eigenvalue weighted by atomic mass is 32.1. The molecule has 3 rings (SSSR count). The summed E-state index contributed by atoms with van der Waals surface area (Å²) in [5, 5.41) is 3.31. The molecule has 1 aromatic heterocycles. The fourth-order valence-electron chi connectivity index (χ4n) is 1.71. The molecule has 0 spiro atoms. The lowest BCUT2D eigenvalue weighted by molar-refractivity contribution is 0.451. The number of nitrogens with one attached hydrogen (secondary N) is 1. The van der Waals surface area contributed by atoms with Gasteiger partial charge in [0.05, 0.1) is 11.2 Å². The summed E-state index contributed by atoms with van der Waals surface area (Å²) in [6.45, 7) is 2.34. The molecule has 1 saturated carbocycles. The topological polar surface area (TPSA) is 24.9 Å². The minimum atomic E-state index is 0.785. The molecule has 0 amide bonds. The van der Waals surface area contributed by atoms with Crippen LogP contribution in [0.25, 0.3) is 0 Å². The highest BCUT2D eigenvalue weighted by Gasteiger charge is 2.32. The third-order valence-electron chi connectivity index (χ3n) is 2.74. The van der Waals surface area contributed by atoms with Gasteiger partial charge in [-0.15, -0.1) is 11.3 Å². The van der Waals surface area contributed by atoms with Crippen molar-refractivity contribution in [2.75, 3.05) is 13.1 Å². The summed E-state index contributed by atoms with van der Waals surface area (Å²) in [7, 11) is 0. The van der Waals surface area contributed by atoms with Gasteiger partial charge in [0, 0.05) is 29.8 Å². The number of hydrogen-bond acceptors (Lipinski definition) is 3. The summed E-state index contributed by atoms with van der Waals surface area (Å²) in [5.74, 6) is 1.61. The maximum atomic E-state index is 4.47. The third kappa shape index (κ3) is 1.00. The molecule has 1 saturated heterocycles. The third-order valence-corrected chi connectivity index (χ3v) is 3.75. The zero-order valence-electron chi connectivity index (χ0n) is 6.92. The normalized spacial score (nSPS) is 24.0. The molecule has 1 N–H and O–H groups in total. The second-order valence-electron chi connectivity index (χ2n) is 3.73. The highest BCUT2D eigenvalue weighted by Crippen LogP contribution is 2.44. The molecule has 2 nitrogen and oxygen atoms in total. The smallest absolute Gasteiger partial charge is 0.0797 e. The lowest BCUT2D eigenvalue weighted by atomic mass is 9.99. The summed E-state index contributed by atoms with van der Waals surface area (Å²) in [6.07, 6.45) is 2.74. The van der Waals surface area contributed by atoms with Crippen LogP contribution in [-0.2, 0) is 0 Å². The van der Waals surface area contributed by atoms with Gasteiger partial charge in [0.15, 0.2) is 0 Å². The summed E-state index contributed by atoms with van der Waals surface area (Å²) in [5.41, 5.74) is 3.44. The van der Waals surface area contributed by atoms with Crippen molar-refractivity contribution >= 4 is 11.3 Å². The Labute approximate surface area is 76.0 Å². The van der Waals surface area contributed by atoms with E-state index in [-0.39, 0.29) is 0 Å². The van der Waals surface area contributed by atoms with Gasteiger partial charge in [-0.1, -0.05) is 0 Å². The van der Waals surface area contributed by atoms with E-state index in [4.69, 9.17) is 0 Å². The van der Waals surface area contributed by atoms with Gasteiger partial charge in [-0.25, -0.2) is 4.98 Å². The van der Waals surface area contributed by atoms with E-state index in [1.807, 2.05) is 16.8 Å². The first-order chi connectivity index (χ1) is 5.95. The minimum Gasteiger partial charge on any atom is -0.315 e. The molecule has 64 valence electrons. The maximum absolute atomic E-state index is 4.47. The first kappa shape index (κ1) is 7.04. The summed E-state index contributed by atoms with van der Waals surface area (Å²) in [4.78, 5) is 6.04. The Hall–Kier alpha value is -0.410. The number of nitrogens with zero attached hydrogens (tertiary/aromatic N) is 1. The van der Waals surface area contributed by atoms with Gasteiger partial charge in [-0.2, -0.15) is 0 Å². The summed E-state index contributed by atoms with van der Waals surface area (Å²) in [6, 6.07) is 0. The van der Waals surface area contributed by atoms with Crippen LogP contribution < -0.4 is 5.32 Å². The standard InChI is InChI=1S/C9H12N2S/c1-2-6(1)8-9(12-5-11-8)7-3-10-4-7/h5-7,10H,1-4H2. The molecule has 0 aromatic carbocycles. The van der Waals surface area contributed by atoms with E-state index in [0.29, 0.717) is 0 Å². The molecule has 3 heteroatoms. The predicted molar refractivity (Wildman–Crippen MR) is 49.7 cm³/mol. The molecule has 1 aliphatic heterocycles. The Morgan fingerprint density at radius 2 is 2.17 bits per heavy atom. The van der Waals surface area contributed by atoms with Crippen LogP contribution in [0.15, 0.2) is 5.51 Å². The Bertz CT molecular complexity index is 286. The first-order valence-corrected chi connectivity index (χ1v) is 5.47. The van der Waals surface area contributed by atoms with Gasteiger partial charge in [0.1, 0.15) is 0 Å². The van der Waals surface area contributed by atoms with E-state index in [0.717, 1.165) is 11.8 Å². The van der Waals surface area contributed by atoms with Crippen LogP contribution in [0.1, 0.15) is 35.2 Å². The molecule has 1 aromatic rings. The predicted octanol–water partition coefficient (Wildman–Crippen LogP) is 1.71. The van der Waals surface area contributed by atoms with Crippen molar-refractivity contribution in [3.05, 3.63) is 16.1 Å². The molecule has 2 fully saturated rings. The van der Waals surface area contributed by atoms with Crippen LogP contribution in [-0.4, -0.2) is 18.1 Å². The number of rotatable bonds is 2. The molecule has 0 unspecified atom stereocenters. The Kier molecular flexibility index (Phi) is 1.49. The number of aromatic nitrogens is 1. The van der Waals surface area contributed by atoms with Crippen molar-refractivity contribution in [1.29, 1.82) is 0 Å². The van der Waals surface area contributed by atoms with Crippen molar-refractivity contribution in [2.45, 2.75) is 24.7 Å². The zero-order valence-corrected chi connectivity index (χ0v) is 7.73. The average Bonchev–Trinajstić information content (AvgIpc) is 2.70. The fraction of sp³-hybridized carbons (Fsp3) is 0.667. The lowest BCUT2D eigenvalue weighted by Gasteiger charge is -2.26. The molecule has 0 radical (unpaired) electrons. The molecule has 2 heterocycles. The van der Waals surface area contributed by atoms with Gasteiger partial charge >= 0.3 is 0 Å². The summed E-state index contributed by atoms with van der Waals surface area (Å²) < 4.78 is 0. The monoisotopic (exact) mass is 180 g/mol. The van der Waals surface area contributed by atoms with Gasteiger partial charge in [0.2, 0.25) is 0 Å². The van der Waals surface area contributed by atoms with Gasteiger partial charge in [-0.05, 0) is 12.8 Å². The average molecular weight is 180 g/mol. The van der Waals surface area contributed by atoms with E-state index >= 15 is 0 Å². The van der Waals surface area contributed by atoms with Crippen molar-refractivity contribution in [2.24, 2.45) is 0 Å². The van der Waals surface area contributed by atoms with Crippen LogP contribution in [0.3, 0.4) is 0 Å². The van der Waals surface area contributed by atoms with Gasteiger partial charge in [-0.3, -0.25) is 0 Å². The number of hydrogen-bond donors (Lipinski definition) is 1. The van der Waals surface area contributed by atoms with Crippen LogP contribution in [0.2, 0.25) is 0 Å². The largest absolute Gasteiger partial charge is 0.315 e. The van der Waals surface area contributed by atoms with E-state index in [1.54, 1.807) is 4.88 Å². The highest BCUT2D eigenvalue weighted by molar-refractivity contribution is 7.09. The lowest BCUT2D eigenvalue weighted by Crippen LogP contribution is -2.39. The molecule has 12 heavy (non-hydrogen) atoms. The quantitative estimate of drug-likeness (QED) is 0.749. The van der Waals surface area contributed by atoms with E-state index < -0.39 is 0 Å². The van der Waals surface area contributed by atoms with Crippen molar-refractivity contribution in [3.8, 4) is 0 Å². The van der Waals surface area contributed by atoms with Crippen LogP contribution in [0.4, 0.5) is 0 Å². The van der Waals surface area contributed by atoms with E-state index in [1.165, 1.54) is 31.6 Å². The molecule has 0 bridgehead atoms. The van der Waals surface area contributed by atoms with Crippen LogP contribution in [0, 0.1) is 0 Å². The SMILES string of the molecule is c1nc(C2CC2)c(C2CNC2)s1. The Balaban J connectivity index is 1.91. The van der Waals surface area contributed by atoms with Crippen molar-refractivity contribution in [1.82, 2.24) is 10.3 Å². The molecule has 1 aliphatic carbocycles. The van der Waals surface area contributed by atoms with Crippen molar-refractivity contribution in [3.63, 3.8) is 0 Å². The van der Waals surface area contributed by atoms with Gasteiger partial charge in [0.25, 0.3) is 0 Å². The van der Waals surface area contributed by atoms with E-state index in [2.05, 4.69) is 10.3 Å². The Morgan fingerprint density at radius 3 is 2.75 bits per heavy atom. The Morgan fingerprint density at radius 1 is 1.33 bits per heavy atom. The molecule has 2 aliphatic rings. The van der Waals surface area contributed by atoms with Crippen LogP contribution in [0.5, 0.6) is 0 Å². The first-order valence-electron chi connectivity index (χ1n) is 4.59. The van der Waals surface area contributed by atoms with E-state index in [9.17, 15) is 0 Å². The second kappa shape index (κ2) is 2.54. The summed E-state index contributed by atoms with van der Waals surface area (Å²) >= 11 is 1.85. The molecular weight excluding hydrogens is 168 g/mol. The van der Waals surface area contributed by atoms with Gasteiger partial charge < -0.3 is 5.32 Å². The zero-order chi connectivity index (χ0) is 7.97. The number of thiazole rings is 1. The minimum absolute atomic E-state index is 0.785. The van der Waals surface area contributed by atoms with Crippen LogP contribution >= 0.6 is 11.3 Å². The fourth-order valence-corrected chi connectivity index (χ4v) is 2.69. The molecule has 0 atom stereocenters.